The quantitative estimate of drug-likeness (QED) is 0.691. The number of unbranched alkanes of at least 4 members (excludes halogenated alkanes) is 1. The lowest BCUT2D eigenvalue weighted by molar-refractivity contribution is -0.138. The Kier molecular flexibility index (Phi) is 7.43. The summed E-state index contributed by atoms with van der Waals surface area (Å²) in [6, 6.07) is 4.82. The Morgan fingerprint density at radius 2 is 1.86 bits per heavy atom. The summed E-state index contributed by atoms with van der Waals surface area (Å²) in [6.45, 7) is 6.94. The van der Waals surface area contributed by atoms with Crippen molar-refractivity contribution >= 4 is 11.7 Å². The number of ether oxygens (including phenoxy) is 2. The van der Waals surface area contributed by atoms with E-state index >= 15 is 0 Å². The zero-order valence-corrected chi connectivity index (χ0v) is 13.0. The van der Waals surface area contributed by atoms with Crippen LogP contribution in [0.25, 0.3) is 0 Å². The van der Waals surface area contributed by atoms with Crippen LogP contribution in [0.3, 0.4) is 0 Å². The Morgan fingerprint density at radius 3 is 2.43 bits per heavy atom. The van der Waals surface area contributed by atoms with E-state index < -0.39 is 12.0 Å². The molecule has 1 unspecified atom stereocenters. The normalized spacial score (nSPS) is 11.8. The monoisotopic (exact) mass is 295 g/mol. The largest absolute Gasteiger partial charge is 0.490 e. The van der Waals surface area contributed by atoms with Crippen LogP contribution in [-0.2, 0) is 4.79 Å². The van der Waals surface area contributed by atoms with E-state index in [0.717, 1.165) is 18.5 Å². The number of carboxylic acid groups (broad SMARTS) is 1. The second-order valence-electron chi connectivity index (χ2n) is 4.70. The molecule has 1 atom stereocenters. The smallest absolute Gasteiger partial charge is 0.326 e. The molecule has 0 amide bonds. The Bertz CT molecular complexity index is 448. The Morgan fingerprint density at radius 1 is 1.19 bits per heavy atom. The van der Waals surface area contributed by atoms with E-state index in [4.69, 9.17) is 9.47 Å². The van der Waals surface area contributed by atoms with E-state index in [2.05, 4.69) is 5.32 Å². The van der Waals surface area contributed by atoms with E-state index in [1.807, 2.05) is 26.8 Å². The molecule has 2 N–H and O–H groups in total. The second kappa shape index (κ2) is 9.10. The van der Waals surface area contributed by atoms with Crippen LogP contribution in [0.15, 0.2) is 18.2 Å². The highest BCUT2D eigenvalue weighted by molar-refractivity contribution is 5.77. The Balaban J connectivity index is 2.85. The van der Waals surface area contributed by atoms with Crippen molar-refractivity contribution in [3.05, 3.63) is 18.2 Å². The van der Waals surface area contributed by atoms with Gasteiger partial charge in [0, 0.05) is 11.8 Å². The van der Waals surface area contributed by atoms with Gasteiger partial charge in [-0.1, -0.05) is 19.8 Å². The minimum absolute atomic E-state index is 0.529. The fourth-order valence-electron chi connectivity index (χ4n) is 2.01. The van der Waals surface area contributed by atoms with Gasteiger partial charge < -0.3 is 19.9 Å². The van der Waals surface area contributed by atoms with Gasteiger partial charge >= 0.3 is 5.97 Å². The summed E-state index contributed by atoms with van der Waals surface area (Å²) < 4.78 is 11.0. The van der Waals surface area contributed by atoms with Gasteiger partial charge in [-0.25, -0.2) is 4.79 Å². The van der Waals surface area contributed by atoms with Crippen LogP contribution in [0.1, 0.15) is 40.0 Å². The summed E-state index contributed by atoms with van der Waals surface area (Å²) in [5.74, 6) is 0.463. The molecule has 0 aliphatic rings. The van der Waals surface area contributed by atoms with Crippen LogP contribution in [0.4, 0.5) is 5.69 Å². The summed E-state index contributed by atoms with van der Waals surface area (Å²) in [7, 11) is 0. The highest BCUT2D eigenvalue weighted by atomic mass is 16.5. The van der Waals surface area contributed by atoms with Crippen LogP contribution >= 0.6 is 0 Å². The molecule has 21 heavy (non-hydrogen) atoms. The lowest BCUT2D eigenvalue weighted by Gasteiger charge is -2.17. The first-order valence-corrected chi connectivity index (χ1v) is 7.51. The van der Waals surface area contributed by atoms with E-state index in [0.29, 0.717) is 31.1 Å². The molecule has 118 valence electrons. The first-order chi connectivity index (χ1) is 10.1. The second-order valence-corrected chi connectivity index (χ2v) is 4.70. The van der Waals surface area contributed by atoms with E-state index in [-0.39, 0.29) is 0 Å². The van der Waals surface area contributed by atoms with Crippen molar-refractivity contribution < 1.29 is 19.4 Å². The van der Waals surface area contributed by atoms with Crippen molar-refractivity contribution in [1.29, 1.82) is 0 Å². The molecule has 0 saturated heterocycles. The first kappa shape index (κ1) is 17.1. The molecule has 1 aromatic carbocycles. The Hall–Kier alpha value is -1.91. The number of benzene rings is 1. The summed E-state index contributed by atoms with van der Waals surface area (Å²) >= 11 is 0. The predicted molar refractivity (Wildman–Crippen MR) is 83.4 cm³/mol. The van der Waals surface area contributed by atoms with Crippen LogP contribution in [0, 0.1) is 0 Å². The molecule has 0 bridgehead atoms. The molecule has 0 radical (unpaired) electrons. The number of nitrogens with one attached hydrogen (secondary N) is 1. The highest BCUT2D eigenvalue weighted by Crippen LogP contribution is 2.31. The number of carbonyl (C=O) groups is 1. The average molecular weight is 295 g/mol. The van der Waals surface area contributed by atoms with E-state index in [1.54, 1.807) is 12.1 Å². The molecule has 0 spiro atoms. The number of hydrogen-bond acceptors (Lipinski definition) is 4. The van der Waals surface area contributed by atoms with Gasteiger partial charge in [0.2, 0.25) is 0 Å². The zero-order valence-electron chi connectivity index (χ0n) is 13.0. The maximum absolute atomic E-state index is 11.3. The van der Waals surface area contributed by atoms with Gasteiger partial charge in [-0.15, -0.1) is 0 Å². The molecule has 1 aromatic rings. The molecule has 1 rings (SSSR count). The third-order valence-electron chi connectivity index (χ3n) is 3.03. The van der Waals surface area contributed by atoms with Gasteiger partial charge in [0.1, 0.15) is 6.04 Å². The third-order valence-corrected chi connectivity index (χ3v) is 3.03. The first-order valence-electron chi connectivity index (χ1n) is 7.51. The van der Waals surface area contributed by atoms with Crippen molar-refractivity contribution in [3.8, 4) is 11.5 Å². The third kappa shape index (κ3) is 5.53. The number of anilines is 1. The summed E-state index contributed by atoms with van der Waals surface area (Å²) in [5, 5.41) is 12.3. The fraction of sp³-hybridized carbons (Fsp3) is 0.562. The molecule has 0 aliphatic carbocycles. The summed E-state index contributed by atoms with van der Waals surface area (Å²) in [4.78, 5) is 11.3. The molecule has 0 saturated carbocycles. The molecular weight excluding hydrogens is 270 g/mol. The van der Waals surface area contributed by atoms with E-state index in [1.165, 1.54) is 0 Å². The van der Waals surface area contributed by atoms with Crippen molar-refractivity contribution in [2.45, 2.75) is 46.1 Å². The molecule has 0 heterocycles. The van der Waals surface area contributed by atoms with Gasteiger partial charge in [0.15, 0.2) is 11.5 Å². The molecule has 0 aliphatic heterocycles. The Labute approximate surface area is 126 Å². The van der Waals surface area contributed by atoms with Gasteiger partial charge in [-0.3, -0.25) is 0 Å². The number of hydrogen-bond donors (Lipinski definition) is 2. The van der Waals surface area contributed by atoms with Crippen LogP contribution < -0.4 is 14.8 Å². The van der Waals surface area contributed by atoms with Crippen LogP contribution in [0.5, 0.6) is 11.5 Å². The molecule has 5 heteroatoms. The van der Waals surface area contributed by atoms with Crippen molar-refractivity contribution in [2.24, 2.45) is 0 Å². The minimum atomic E-state index is -0.838. The molecular formula is C16H25NO4. The van der Waals surface area contributed by atoms with Gasteiger partial charge in [0.05, 0.1) is 13.2 Å². The van der Waals surface area contributed by atoms with Gasteiger partial charge in [0.25, 0.3) is 0 Å². The number of carboxylic acids is 1. The molecule has 0 fully saturated rings. The maximum atomic E-state index is 11.3. The van der Waals surface area contributed by atoms with Gasteiger partial charge in [-0.05, 0) is 32.4 Å². The maximum Gasteiger partial charge on any atom is 0.326 e. The topological polar surface area (TPSA) is 67.8 Å². The molecule has 0 aromatic heterocycles. The SMILES string of the molecule is CCCCC(Nc1ccc(OCC)c(OCC)c1)C(=O)O. The van der Waals surface area contributed by atoms with Crippen LogP contribution in [0.2, 0.25) is 0 Å². The average Bonchev–Trinajstić information content (AvgIpc) is 2.46. The lowest BCUT2D eigenvalue weighted by atomic mass is 10.1. The lowest BCUT2D eigenvalue weighted by Crippen LogP contribution is -2.29. The van der Waals surface area contributed by atoms with Crippen LogP contribution in [-0.4, -0.2) is 30.3 Å². The number of aliphatic carboxylic acids is 1. The minimum Gasteiger partial charge on any atom is -0.490 e. The van der Waals surface area contributed by atoms with Crippen molar-refractivity contribution in [3.63, 3.8) is 0 Å². The standard InChI is InChI=1S/C16H25NO4/c1-4-7-8-13(16(18)19)17-12-9-10-14(20-5-2)15(11-12)21-6-3/h9-11,13,17H,4-8H2,1-3H3,(H,18,19). The van der Waals surface area contributed by atoms with E-state index in [9.17, 15) is 9.90 Å². The van der Waals surface area contributed by atoms with Gasteiger partial charge in [-0.2, -0.15) is 0 Å². The zero-order chi connectivity index (χ0) is 15.7. The summed E-state index contributed by atoms with van der Waals surface area (Å²) in [6.07, 6.45) is 2.45. The number of rotatable bonds is 10. The fourth-order valence-corrected chi connectivity index (χ4v) is 2.01. The van der Waals surface area contributed by atoms with Crippen molar-refractivity contribution in [2.75, 3.05) is 18.5 Å². The summed E-state index contributed by atoms with van der Waals surface area (Å²) in [5.41, 5.74) is 0.727. The molecule has 5 nitrogen and oxygen atoms in total. The predicted octanol–water partition coefficient (Wildman–Crippen LogP) is 3.54. The van der Waals surface area contributed by atoms with Crippen molar-refractivity contribution in [1.82, 2.24) is 0 Å². The highest BCUT2D eigenvalue weighted by Gasteiger charge is 2.17.